The van der Waals surface area contributed by atoms with Gasteiger partial charge >= 0.3 is 5.97 Å². The molecule has 0 spiro atoms. The first-order chi connectivity index (χ1) is 22.6. The Morgan fingerprint density at radius 1 is 0.761 bits per heavy atom. The van der Waals surface area contributed by atoms with Gasteiger partial charge in [-0.25, -0.2) is 9.80 Å². The number of allylic oxidation sites excluding steroid dienone is 4. The Morgan fingerprint density at radius 2 is 1.33 bits per heavy atom. The highest BCUT2D eigenvalue weighted by molar-refractivity contribution is 6.04. The average Bonchev–Trinajstić information content (AvgIpc) is 3.11. The van der Waals surface area contributed by atoms with Gasteiger partial charge in [0, 0.05) is 49.3 Å². The van der Waals surface area contributed by atoms with Crippen LogP contribution in [0.1, 0.15) is 17.5 Å². The summed E-state index contributed by atoms with van der Waals surface area (Å²) in [4.78, 5) is 11.4. The van der Waals surface area contributed by atoms with Gasteiger partial charge in [-0.2, -0.15) is 9.68 Å². The minimum absolute atomic E-state index is 0.312. The van der Waals surface area contributed by atoms with Gasteiger partial charge in [0.15, 0.2) is 5.71 Å². The Kier molecular flexibility index (Phi) is 11.3. The molecule has 0 saturated heterocycles. The van der Waals surface area contributed by atoms with Gasteiger partial charge in [0.05, 0.1) is 43.5 Å². The van der Waals surface area contributed by atoms with Crippen LogP contribution < -0.4 is 9.58 Å². The monoisotopic (exact) mass is 608 g/mol. The molecule has 230 valence electrons. The van der Waals surface area contributed by atoms with E-state index in [0.717, 1.165) is 52.4 Å². The molecular weight excluding hydrogens is 570 g/mol. The maximum absolute atomic E-state index is 11.4. The summed E-state index contributed by atoms with van der Waals surface area (Å²) >= 11 is 0. The fraction of sp³-hybridized carbons (Fsp3) is 0.125. The fourth-order valence-corrected chi connectivity index (χ4v) is 5.05. The molecule has 0 fully saturated rings. The molecular formula is C40H38N3O3+. The minimum Gasteiger partial charge on any atom is -0.501 e. The number of nitrogens with zero attached hydrogens (tertiary/aromatic N) is 3. The minimum atomic E-state index is -0.409. The summed E-state index contributed by atoms with van der Waals surface area (Å²) in [6.45, 7) is 7.98. The Bertz CT molecular complexity index is 1700. The van der Waals surface area contributed by atoms with Crippen molar-refractivity contribution in [1.82, 2.24) is 4.58 Å². The number of carbonyl (C=O) groups is 1. The van der Waals surface area contributed by atoms with E-state index in [1.54, 1.807) is 0 Å². The zero-order valence-electron chi connectivity index (χ0n) is 25.9. The van der Waals surface area contributed by atoms with Crippen molar-refractivity contribution in [3.8, 4) is 0 Å². The summed E-state index contributed by atoms with van der Waals surface area (Å²) in [6.07, 6.45) is 13.2. The topological polar surface area (TPSA) is 54.1 Å². The molecule has 0 bridgehead atoms. The number of esters is 1. The maximum Gasteiger partial charge on any atom is 0.330 e. The second-order valence-corrected chi connectivity index (χ2v) is 10.5. The van der Waals surface area contributed by atoms with Crippen molar-refractivity contribution in [2.24, 2.45) is 5.10 Å². The Balaban J connectivity index is 1.40. The second kappa shape index (κ2) is 16.4. The third-order valence-corrected chi connectivity index (χ3v) is 7.44. The van der Waals surface area contributed by atoms with Crippen LogP contribution >= 0.6 is 0 Å². The Hall–Kier alpha value is -5.75. The average molecular weight is 609 g/mol. The van der Waals surface area contributed by atoms with Crippen LogP contribution in [0, 0.1) is 0 Å². The number of carbonyl (C=O) groups excluding carboxylic acids is 1. The van der Waals surface area contributed by atoms with Crippen molar-refractivity contribution < 1.29 is 14.3 Å². The van der Waals surface area contributed by atoms with Crippen LogP contribution in [0.5, 0.6) is 0 Å². The van der Waals surface area contributed by atoms with Crippen LogP contribution in [0.15, 0.2) is 164 Å². The molecule has 1 aliphatic carbocycles. The molecule has 5 rings (SSSR count). The van der Waals surface area contributed by atoms with Crippen LogP contribution in [0.25, 0.3) is 0 Å². The lowest BCUT2D eigenvalue weighted by molar-refractivity contribution is -0.137. The number of rotatable bonds is 14. The van der Waals surface area contributed by atoms with Gasteiger partial charge in [0.25, 0.3) is 0 Å². The van der Waals surface area contributed by atoms with Crippen molar-refractivity contribution in [2.45, 2.75) is 19.3 Å². The van der Waals surface area contributed by atoms with E-state index in [9.17, 15) is 4.79 Å². The molecule has 0 aromatic heterocycles. The first-order valence-electron chi connectivity index (χ1n) is 15.3. The van der Waals surface area contributed by atoms with Crippen molar-refractivity contribution in [3.63, 3.8) is 0 Å². The van der Waals surface area contributed by atoms with E-state index in [-0.39, 0.29) is 0 Å². The fourth-order valence-electron chi connectivity index (χ4n) is 5.05. The van der Waals surface area contributed by atoms with Crippen LogP contribution in [0.3, 0.4) is 0 Å². The normalized spacial score (nSPS) is 13.5. The number of hydrogen-bond acceptors (Lipinski definition) is 5. The molecule has 0 radical (unpaired) electrons. The lowest BCUT2D eigenvalue weighted by Crippen LogP contribution is -2.17. The molecule has 0 amide bonds. The van der Waals surface area contributed by atoms with Gasteiger partial charge in [-0.1, -0.05) is 79.9 Å². The van der Waals surface area contributed by atoms with Crippen molar-refractivity contribution in [1.29, 1.82) is 0 Å². The van der Waals surface area contributed by atoms with E-state index in [0.29, 0.717) is 19.6 Å². The summed E-state index contributed by atoms with van der Waals surface area (Å²) in [5, 5.41) is 6.82. The Labute approximate surface area is 271 Å². The number of para-hydroxylation sites is 2. The van der Waals surface area contributed by atoms with Gasteiger partial charge in [-0.3, -0.25) is 0 Å². The first kappa shape index (κ1) is 31.7. The van der Waals surface area contributed by atoms with E-state index >= 15 is 0 Å². The smallest absolute Gasteiger partial charge is 0.330 e. The second-order valence-electron chi connectivity index (χ2n) is 10.5. The van der Waals surface area contributed by atoms with Gasteiger partial charge in [0.2, 0.25) is 11.4 Å². The summed E-state index contributed by atoms with van der Waals surface area (Å²) in [5.41, 5.74) is 8.53. The number of hydrazone groups is 1. The SMILES string of the molecule is C=COCCc1ccc([N+](=C2C=CC(C=NN(c3ccccc3)c3ccccc3)=CC2)c2ccc(CCOC(=O)C=C)cc2)cc1. The highest BCUT2D eigenvalue weighted by atomic mass is 16.5. The van der Waals surface area contributed by atoms with Crippen molar-refractivity contribution in [3.05, 3.63) is 170 Å². The summed E-state index contributed by atoms with van der Waals surface area (Å²) in [7, 11) is 0. The van der Waals surface area contributed by atoms with Crippen LogP contribution in [-0.4, -0.2) is 31.1 Å². The lowest BCUT2D eigenvalue weighted by Gasteiger charge is -2.19. The van der Waals surface area contributed by atoms with Crippen LogP contribution in [0.4, 0.5) is 22.7 Å². The molecule has 0 heterocycles. The molecule has 4 aromatic carbocycles. The standard InChI is InChI=1S/C40H38N3O3/c1-3-40(44)46-30-28-33-17-23-36(24-18-33)42(35-21-15-32(16-22-35)27-29-45-4-2)37-25-19-34(20-26-37)31-41-43(38-11-7-5-8-12-38)39-13-9-6-10-14-39/h3-25,31H,1-2,26-30H2/q+1. The highest BCUT2D eigenvalue weighted by Gasteiger charge is 2.21. The van der Waals surface area contributed by atoms with E-state index < -0.39 is 5.97 Å². The molecule has 0 atom stereocenters. The third-order valence-electron chi connectivity index (χ3n) is 7.44. The molecule has 1 aliphatic rings. The molecule has 0 N–H and O–H groups in total. The third kappa shape index (κ3) is 8.67. The maximum atomic E-state index is 11.4. The van der Waals surface area contributed by atoms with E-state index in [1.165, 1.54) is 17.9 Å². The predicted molar refractivity (Wildman–Crippen MR) is 189 cm³/mol. The van der Waals surface area contributed by atoms with Gasteiger partial charge in [0.1, 0.15) is 0 Å². The number of benzene rings is 4. The molecule has 6 heteroatoms. The molecule has 0 aliphatic heterocycles. The zero-order valence-corrected chi connectivity index (χ0v) is 25.9. The zero-order chi connectivity index (χ0) is 32.0. The van der Waals surface area contributed by atoms with Crippen molar-refractivity contribution in [2.75, 3.05) is 18.2 Å². The van der Waals surface area contributed by atoms with Gasteiger partial charge in [-0.05, 0) is 47.0 Å². The van der Waals surface area contributed by atoms with E-state index in [2.05, 4.69) is 109 Å². The summed E-state index contributed by atoms with van der Waals surface area (Å²) in [5.74, 6) is -0.409. The first-order valence-corrected chi connectivity index (χ1v) is 15.3. The predicted octanol–water partition coefficient (Wildman–Crippen LogP) is 8.65. The number of ether oxygens (including phenoxy) is 2. The summed E-state index contributed by atoms with van der Waals surface area (Å²) < 4.78 is 12.8. The summed E-state index contributed by atoms with van der Waals surface area (Å²) in [6, 6.07) is 37.2. The highest BCUT2D eigenvalue weighted by Crippen LogP contribution is 2.27. The van der Waals surface area contributed by atoms with Gasteiger partial charge < -0.3 is 9.47 Å². The Morgan fingerprint density at radius 3 is 1.83 bits per heavy atom. The van der Waals surface area contributed by atoms with E-state index in [4.69, 9.17) is 14.6 Å². The quantitative estimate of drug-likeness (QED) is 0.0274. The molecule has 0 unspecified atom stereocenters. The van der Waals surface area contributed by atoms with Crippen LogP contribution in [0.2, 0.25) is 0 Å². The van der Waals surface area contributed by atoms with Gasteiger partial charge in [-0.15, -0.1) is 0 Å². The molecule has 6 nitrogen and oxygen atoms in total. The largest absolute Gasteiger partial charge is 0.501 e. The van der Waals surface area contributed by atoms with Crippen LogP contribution in [-0.2, 0) is 27.1 Å². The van der Waals surface area contributed by atoms with E-state index in [1.807, 2.05) is 47.6 Å². The number of anilines is 2. The number of hydrogen-bond donors (Lipinski definition) is 0. The molecule has 46 heavy (non-hydrogen) atoms. The van der Waals surface area contributed by atoms with Crippen molar-refractivity contribution >= 4 is 40.6 Å². The lowest BCUT2D eigenvalue weighted by atomic mass is 10.0. The molecule has 4 aromatic rings. The molecule has 0 saturated carbocycles.